The smallest absolute Gasteiger partial charge is 0.361 e. The van der Waals surface area contributed by atoms with Gasteiger partial charge in [0.05, 0.1) is 0 Å². The highest BCUT2D eigenvalue weighted by molar-refractivity contribution is 6.02. The van der Waals surface area contributed by atoms with Gasteiger partial charge in [-0.3, -0.25) is 4.79 Å². The van der Waals surface area contributed by atoms with Crippen molar-refractivity contribution < 1.29 is 18.0 Å². The van der Waals surface area contributed by atoms with Crippen LogP contribution in [0.25, 0.3) is 0 Å². The Labute approximate surface area is 115 Å². The highest BCUT2D eigenvalue weighted by Gasteiger charge is 2.44. The van der Waals surface area contributed by atoms with Crippen LogP contribution in [0.15, 0.2) is 30.0 Å². The molecule has 2 nitrogen and oxygen atoms in total. The number of ketones is 1. The number of aryl methyl sites for hydroxylation is 1. The van der Waals surface area contributed by atoms with Crippen LogP contribution in [0.2, 0.25) is 0 Å². The predicted molar refractivity (Wildman–Crippen MR) is 71.5 cm³/mol. The van der Waals surface area contributed by atoms with Crippen LogP contribution in [0, 0.1) is 12.8 Å². The number of rotatable bonds is 2. The number of allylic oxidation sites excluding steroid dienone is 1. The molecule has 0 amide bonds. The van der Waals surface area contributed by atoms with Crippen molar-refractivity contribution in [3.63, 3.8) is 0 Å². The number of benzene rings is 1. The summed E-state index contributed by atoms with van der Waals surface area (Å²) in [6.07, 6.45) is -3.65. The second-order valence-electron chi connectivity index (χ2n) is 5.38. The summed E-state index contributed by atoms with van der Waals surface area (Å²) >= 11 is 0. The summed E-state index contributed by atoms with van der Waals surface area (Å²) in [5.41, 5.74) is 2.24. The van der Waals surface area contributed by atoms with E-state index in [9.17, 15) is 18.0 Å². The largest absolute Gasteiger partial charge is 0.454 e. The van der Waals surface area contributed by atoms with Crippen molar-refractivity contribution in [3.05, 3.63) is 41.1 Å². The molecule has 1 N–H and O–H groups in total. The van der Waals surface area contributed by atoms with E-state index in [1.165, 1.54) is 6.20 Å². The molecule has 1 unspecified atom stereocenters. The lowest BCUT2D eigenvalue weighted by atomic mass is 9.78. The van der Waals surface area contributed by atoms with E-state index in [1.54, 1.807) is 0 Å². The van der Waals surface area contributed by atoms with Gasteiger partial charge in [0.2, 0.25) is 0 Å². The van der Waals surface area contributed by atoms with Crippen molar-refractivity contribution in [1.29, 1.82) is 0 Å². The average Bonchev–Trinajstić information content (AvgIpc) is 2.34. The molecule has 1 aliphatic heterocycles. The molecular weight excluding hydrogens is 267 g/mol. The molecule has 20 heavy (non-hydrogen) atoms. The summed E-state index contributed by atoms with van der Waals surface area (Å²) in [5.74, 6) is -2.41. The summed E-state index contributed by atoms with van der Waals surface area (Å²) in [4.78, 5) is 11.6. The Bertz CT molecular complexity index is 573. The van der Waals surface area contributed by atoms with E-state index in [1.807, 2.05) is 39.0 Å². The van der Waals surface area contributed by atoms with Gasteiger partial charge in [0, 0.05) is 23.4 Å². The summed E-state index contributed by atoms with van der Waals surface area (Å²) in [7, 11) is 0. The van der Waals surface area contributed by atoms with Crippen LogP contribution >= 0.6 is 0 Å². The third-order valence-corrected chi connectivity index (χ3v) is 3.45. The average molecular weight is 283 g/mol. The highest BCUT2D eigenvalue weighted by Crippen LogP contribution is 2.42. The van der Waals surface area contributed by atoms with Crippen molar-refractivity contribution in [1.82, 2.24) is 0 Å². The molecule has 5 heteroatoms. The van der Waals surface area contributed by atoms with Gasteiger partial charge in [-0.25, -0.2) is 0 Å². The number of halogens is 3. The van der Waals surface area contributed by atoms with E-state index in [0.29, 0.717) is 0 Å². The lowest BCUT2D eigenvalue weighted by Crippen LogP contribution is -2.31. The Morgan fingerprint density at radius 1 is 1.30 bits per heavy atom. The maximum absolute atomic E-state index is 12.7. The fourth-order valence-electron chi connectivity index (χ4n) is 2.57. The lowest BCUT2D eigenvalue weighted by molar-refractivity contribution is -0.167. The summed E-state index contributed by atoms with van der Waals surface area (Å²) in [6.45, 7) is 5.51. The molecule has 0 bridgehead atoms. The Morgan fingerprint density at radius 3 is 2.50 bits per heavy atom. The number of hydrogen-bond donors (Lipinski definition) is 1. The summed E-state index contributed by atoms with van der Waals surface area (Å²) in [6, 6.07) is 5.54. The van der Waals surface area contributed by atoms with E-state index in [-0.39, 0.29) is 11.5 Å². The van der Waals surface area contributed by atoms with Crippen LogP contribution < -0.4 is 5.32 Å². The van der Waals surface area contributed by atoms with Gasteiger partial charge in [-0.1, -0.05) is 31.5 Å². The first-order valence-electron chi connectivity index (χ1n) is 6.40. The van der Waals surface area contributed by atoms with Crippen molar-refractivity contribution in [2.75, 3.05) is 5.32 Å². The van der Waals surface area contributed by atoms with Crippen molar-refractivity contribution in [2.45, 2.75) is 32.9 Å². The molecule has 1 aromatic carbocycles. The van der Waals surface area contributed by atoms with Gasteiger partial charge in [-0.05, 0) is 24.5 Å². The summed E-state index contributed by atoms with van der Waals surface area (Å²) in [5, 5.41) is 2.79. The van der Waals surface area contributed by atoms with E-state index < -0.39 is 17.9 Å². The molecular formula is C15H16F3NO. The number of Topliss-reactive ketones (excluding diaryl/α,β-unsaturated/α-hetero) is 1. The number of carbonyl (C=O) groups is 1. The third kappa shape index (κ3) is 2.57. The Hall–Kier alpha value is -1.78. The molecule has 108 valence electrons. The van der Waals surface area contributed by atoms with E-state index >= 15 is 0 Å². The molecule has 0 fully saturated rings. The lowest BCUT2D eigenvalue weighted by Gasteiger charge is -2.30. The van der Waals surface area contributed by atoms with E-state index in [0.717, 1.165) is 16.8 Å². The zero-order valence-electron chi connectivity index (χ0n) is 11.5. The van der Waals surface area contributed by atoms with Gasteiger partial charge < -0.3 is 5.32 Å². The van der Waals surface area contributed by atoms with Crippen LogP contribution in [0.3, 0.4) is 0 Å². The third-order valence-electron chi connectivity index (χ3n) is 3.45. The topological polar surface area (TPSA) is 29.1 Å². The fraction of sp³-hybridized carbons (Fsp3) is 0.400. The van der Waals surface area contributed by atoms with Gasteiger partial charge in [0.1, 0.15) is 0 Å². The minimum atomic E-state index is -4.85. The minimum Gasteiger partial charge on any atom is -0.361 e. The van der Waals surface area contributed by atoms with Gasteiger partial charge in [0.25, 0.3) is 5.78 Å². The zero-order chi connectivity index (χ0) is 15.1. The Morgan fingerprint density at radius 2 is 1.95 bits per heavy atom. The van der Waals surface area contributed by atoms with E-state index in [4.69, 9.17) is 0 Å². The molecule has 1 heterocycles. The molecule has 0 saturated carbocycles. The predicted octanol–water partition coefficient (Wildman–Crippen LogP) is 4.18. The number of hydrogen-bond acceptors (Lipinski definition) is 2. The molecule has 1 atom stereocenters. The molecule has 0 saturated heterocycles. The maximum Gasteiger partial charge on any atom is 0.454 e. The first kappa shape index (κ1) is 14.6. The van der Waals surface area contributed by atoms with Gasteiger partial charge in [0.15, 0.2) is 0 Å². The first-order valence-corrected chi connectivity index (χ1v) is 6.40. The van der Waals surface area contributed by atoms with Gasteiger partial charge >= 0.3 is 6.18 Å². The number of anilines is 1. The van der Waals surface area contributed by atoms with Crippen LogP contribution in [0.1, 0.15) is 30.9 Å². The van der Waals surface area contributed by atoms with Crippen molar-refractivity contribution in [2.24, 2.45) is 5.92 Å². The standard InChI is InChI=1S/C15H16F3NO/c1-8(2)13-10-6-9(3)4-5-12(10)19-7-11(13)14(20)15(16,17)18/h4-8,13,19H,1-3H3. The molecule has 1 aliphatic rings. The first-order chi connectivity index (χ1) is 9.21. The zero-order valence-corrected chi connectivity index (χ0v) is 11.5. The maximum atomic E-state index is 12.7. The Kier molecular flexibility index (Phi) is 3.63. The van der Waals surface area contributed by atoms with Crippen molar-refractivity contribution >= 4 is 11.5 Å². The van der Waals surface area contributed by atoms with E-state index in [2.05, 4.69) is 5.32 Å². The molecule has 0 spiro atoms. The molecule has 0 radical (unpaired) electrons. The fourth-order valence-corrected chi connectivity index (χ4v) is 2.57. The second kappa shape index (κ2) is 4.96. The number of carbonyl (C=O) groups excluding carboxylic acids is 1. The van der Waals surface area contributed by atoms with Crippen molar-refractivity contribution in [3.8, 4) is 0 Å². The Balaban J connectivity index is 2.51. The monoisotopic (exact) mass is 283 g/mol. The quantitative estimate of drug-likeness (QED) is 0.882. The van der Waals surface area contributed by atoms with Crippen LogP contribution in [-0.4, -0.2) is 12.0 Å². The van der Waals surface area contributed by atoms with Gasteiger partial charge in [-0.2, -0.15) is 13.2 Å². The summed E-state index contributed by atoms with van der Waals surface area (Å²) < 4.78 is 38.1. The minimum absolute atomic E-state index is 0.102. The molecule has 2 rings (SSSR count). The van der Waals surface area contributed by atoms with Crippen LogP contribution in [0.4, 0.5) is 18.9 Å². The van der Waals surface area contributed by atoms with Crippen LogP contribution in [-0.2, 0) is 4.79 Å². The molecule has 0 aliphatic carbocycles. The normalized spacial score (nSPS) is 18.4. The number of alkyl halides is 3. The molecule has 0 aromatic heterocycles. The number of nitrogens with one attached hydrogen (secondary N) is 1. The highest BCUT2D eigenvalue weighted by atomic mass is 19.4. The van der Waals surface area contributed by atoms with Crippen LogP contribution in [0.5, 0.6) is 0 Å². The van der Waals surface area contributed by atoms with Gasteiger partial charge in [-0.15, -0.1) is 0 Å². The number of fused-ring (bicyclic) bond motifs is 1. The SMILES string of the molecule is Cc1ccc2c(c1)C(C(C)C)C(C(=O)C(F)(F)F)=CN2. The molecule has 1 aromatic rings. The second-order valence-corrected chi connectivity index (χ2v) is 5.38.